The smallest absolute Gasteiger partial charge is 0.267 e. The number of hydrogen-bond donors (Lipinski definition) is 2. The van der Waals surface area contributed by atoms with Crippen molar-refractivity contribution in [3.63, 3.8) is 0 Å². The number of amides is 1. The van der Waals surface area contributed by atoms with E-state index in [1.54, 1.807) is 30.5 Å². The molecule has 3 rings (SSSR count). The monoisotopic (exact) mass is 304 g/mol. The molecular formula is C18H16N4O. The lowest BCUT2D eigenvalue weighted by atomic mass is 10.2. The van der Waals surface area contributed by atoms with Crippen LogP contribution in [0.25, 0.3) is 0 Å². The Bertz CT molecular complexity index is 803. The summed E-state index contributed by atoms with van der Waals surface area (Å²) in [6.45, 7) is 0.764. The Morgan fingerprint density at radius 2 is 1.96 bits per heavy atom. The Balaban J connectivity index is 1.79. The molecule has 5 heteroatoms. The zero-order chi connectivity index (χ0) is 16.2. The number of nitrogens with two attached hydrogens (primary N) is 1. The molecule has 0 bridgehead atoms. The van der Waals surface area contributed by atoms with Gasteiger partial charge in [0.15, 0.2) is 0 Å². The molecule has 5 nitrogen and oxygen atoms in total. The fourth-order valence-electron chi connectivity index (χ4n) is 2.56. The molecule has 1 aliphatic rings. The fraction of sp³-hybridized carbons (Fsp3) is 0.111. The van der Waals surface area contributed by atoms with E-state index in [9.17, 15) is 10.1 Å². The molecule has 2 aromatic carbocycles. The van der Waals surface area contributed by atoms with Crippen LogP contribution in [0, 0.1) is 11.3 Å². The highest BCUT2D eigenvalue weighted by Gasteiger charge is 2.19. The van der Waals surface area contributed by atoms with Gasteiger partial charge in [0, 0.05) is 29.8 Å². The summed E-state index contributed by atoms with van der Waals surface area (Å²) in [5.41, 5.74) is 9.17. The second kappa shape index (κ2) is 6.24. The lowest BCUT2D eigenvalue weighted by Gasteiger charge is -2.14. The summed E-state index contributed by atoms with van der Waals surface area (Å²) in [5, 5.41) is 12.0. The molecule has 2 aromatic rings. The van der Waals surface area contributed by atoms with Crippen molar-refractivity contribution in [2.45, 2.75) is 6.42 Å². The van der Waals surface area contributed by atoms with E-state index in [4.69, 9.17) is 5.73 Å². The molecule has 0 saturated carbocycles. The summed E-state index contributed by atoms with van der Waals surface area (Å²) < 4.78 is 0. The topological polar surface area (TPSA) is 82.2 Å². The molecule has 1 amide bonds. The van der Waals surface area contributed by atoms with Gasteiger partial charge in [-0.05, 0) is 42.3 Å². The summed E-state index contributed by atoms with van der Waals surface area (Å²) in [5.74, 6) is -0.429. The van der Waals surface area contributed by atoms with Gasteiger partial charge in [0.25, 0.3) is 5.91 Å². The second-order valence-corrected chi connectivity index (χ2v) is 5.30. The van der Waals surface area contributed by atoms with Crippen LogP contribution in [0.4, 0.5) is 17.1 Å². The molecule has 0 fully saturated rings. The van der Waals surface area contributed by atoms with Crippen LogP contribution in [0.3, 0.4) is 0 Å². The van der Waals surface area contributed by atoms with E-state index in [-0.39, 0.29) is 5.57 Å². The zero-order valence-corrected chi connectivity index (χ0v) is 12.5. The first-order valence-electron chi connectivity index (χ1n) is 7.31. The van der Waals surface area contributed by atoms with Gasteiger partial charge in [0.2, 0.25) is 0 Å². The van der Waals surface area contributed by atoms with Crippen molar-refractivity contribution >= 4 is 23.0 Å². The number of rotatable bonds is 3. The Kier molecular flexibility index (Phi) is 3.98. The van der Waals surface area contributed by atoms with Crippen molar-refractivity contribution in [1.82, 2.24) is 0 Å². The summed E-state index contributed by atoms with van der Waals surface area (Å²) in [6, 6.07) is 16.8. The summed E-state index contributed by atoms with van der Waals surface area (Å²) in [7, 11) is 0. The van der Waals surface area contributed by atoms with E-state index in [2.05, 4.69) is 11.4 Å². The van der Waals surface area contributed by atoms with E-state index in [0.29, 0.717) is 11.4 Å². The van der Waals surface area contributed by atoms with Crippen molar-refractivity contribution in [1.29, 1.82) is 5.26 Å². The van der Waals surface area contributed by atoms with Crippen molar-refractivity contribution in [3.8, 4) is 6.07 Å². The van der Waals surface area contributed by atoms with Crippen LogP contribution in [-0.2, 0) is 11.2 Å². The lowest BCUT2D eigenvalue weighted by molar-refractivity contribution is -0.112. The first-order chi connectivity index (χ1) is 11.2. The predicted molar refractivity (Wildman–Crippen MR) is 90.7 cm³/mol. The van der Waals surface area contributed by atoms with Gasteiger partial charge in [-0.2, -0.15) is 5.26 Å². The molecule has 1 heterocycles. The van der Waals surface area contributed by atoms with Crippen LogP contribution in [0.5, 0.6) is 0 Å². The van der Waals surface area contributed by atoms with E-state index < -0.39 is 5.91 Å². The molecule has 0 aromatic heterocycles. The normalized spacial score (nSPS) is 13.3. The number of nitrogen functional groups attached to an aromatic ring is 1. The largest absolute Gasteiger partial charge is 0.399 e. The van der Waals surface area contributed by atoms with Gasteiger partial charge in [0.05, 0.1) is 0 Å². The molecule has 3 N–H and O–H groups in total. The van der Waals surface area contributed by atoms with Crippen LogP contribution in [0.2, 0.25) is 0 Å². The third-order valence-electron chi connectivity index (χ3n) is 3.74. The zero-order valence-electron chi connectivity index (χ0n) is 12.5. The molecule has 0 unspecified atom stereocenters. The highest BCUT2D eigenvalue weighted by Crippen LogP contribution is 2.28. The number of fused-ring (bicyclic) bond motifs is 1. The Morgan fingerprint density at radius 1 is 1.22 bits per heavy atom. The average Bonchev–Trinajstić information content (AvgIpc) is 2.97. The molecule has 23 heavy (non-hydrogen) atoms. The SMILES string of the molecule is N#C/C(=C/N1CCc2ccccc21)C(=O)Nc1ccc(N)cc1. The first kappa shape index (κ1) is 14.7. The van der Waals surface area contributed by atoms with Crippen molar-refractivity contribution in [3.05, 3.63) is 65.9 Å². The minimum atomic E-state index is -0.429. The third-order valence-corrected chi connectivity index (χ3v) is 3.74. The van der Waals surface area contributed by atoms with Gasteiger partial charge in [-0.15, -0.1) is 0 Å². The number of nitriles is 1. The van der Waals surface area contributed by atoms with Gasteiger partial charge < -0.3 is 16.0 Å². The standard InChI is InChI=1S/C18H16N4O/c19-11-14(18(23)21-16-7-5-15(20)6-8-16)12-22-10-9-13-3-1-2-4-17(13)22/h1-8,12H,9-10,20H2,(H,21,23)/b14-12-. The highest BCUT2D eigenvalue weighted by molar-refractivity contribution is 6.06. The predicted octanol–water partition coefficient (Wildman–Crippen LogP) is 2.68. The Hall–Kier alpha value is -3.26. The minimum absolute atomic E-state index is 0.0681. The number of carbonyl (C=O) groups excluding carboxylic acids is 1. The molecule has 0 atom stereocenters. The van der Waals surface area contributed by atoms with Gasteiger partial charge in [-0.25, -0.2) is 0 Å². The number of carbonyl (C=O) groups is 1. The van der Waals surface area contributed by atoms with E-state index >= 15 is 0 Å². The van der Waals surface area contributed by atoms with Crippen molar-refractivity contribution in [2.24, 2.45) is 0 Å². The second-order valence-electron chi connectivity index (χ2n) is 5.30. The Labute approximate surface area is 134 Å². The van der Waals surface area contributed by atoms with Crippen molar-refractivity contribution in [2.75, 3.05) is 22.5 Å². The van der Waals surface area contributed by atoms with Crippen LogP contribution < -0.4 is 16.0 Å². The number of para-hydroxylation sites is 1. The molecule has 0 aliphatic carbocycles. The van der Waals surface area contributed by atoms with Gasteiger partial charge in [-0.1, -0.05) is 18.2 Å². The maximum atomic E-state index is 12.3. The van der Waals surface area contributed by atoms with E-state index in [0.717, 1.165) is 18.7 Å². The Morgan fingerprint density at radius 3 is 2.70 bits per heavy atom. The third kappa shape index (κ3) is 3.16. The average molecular weight is 304 g/mol. The summed E-state index contributed by atoms with van der Waals surface area (Å²) >= 11 is 0. The summed E-state index contributed by atoms with van der Waals surface area (Å²) in [6.07, 6.45) is 2.52. The molecule has 0 saturated heterocycles. The summed E-state index contributed by atoms with van der Waals surface area (Å²) in [4.78, 5) is 14.2. The van der Waals surface area contributed by atoms with E-state index in [1.807, 2.05) is 29.2 Å². The van der Waals surface area contributed by atoms with Crippen LogP contribution in [-0.4, -0.2) is 12.5 Å². The number of benzene rings is 2. The highest BCUT2D eigenvalue weighted by atomic mass is 16.1. The maximum absolute atomic E-state index is 12.3. The van der Waals surface area contributed by atoms with Crippen molar-refractivity contribution < 1.29 is 4.79 Å². The molecule has 1 aliphatic heterocycles. The van der Waals surface area contributed by atoms with Gasteiger partial charge >= 0.3 is 0 Å². The van der Waals surface area contributed by atoms with E-state index in [1.165, 1.54) is 5.56 Å². The molecule has 114 valence electrons. The number of nitrogens with zero attached hydrogens (tertiary/aromatic N) is 2. The number of hydrogen-bond acceptors (Lipinski definition) is 4. The van der Waals surface area contributed by atoms with Crippen LogP contribution >= 0.6 is 0 Å². The molecule has 0 radical (unpaired) electrons. The van der Waals surface area contributed by atoms with Gasteiger partial charge in [-0.3, -0.25) is 4.79 Å². The fourth-order valence-corrected chi connectivity index (χ4v) is 2.56. The maximum Gasteiger partial charge on any atom is 0.267 e. The minimum Gasteiger partial charge on any atom is -0.399 e. The number of nitrogens with one attached hydrogen (secondary N) is 1. The molecule has 0 spiro atoms. The van der Waals surface area contributed by atoms with Crippen LogP contribution in [0.1, 0.15) is 5.56 Å². The van der Waals surface area contributed by atoms with Gasteiger partial charge in [0.1, 0.15) is 11.6 Å². The first-order valence-corrected chi connectivity index (χ1v) is 7.31. The lowest BCUT2D eigenvalue weighted by Crippen LogP contribution is -2.19. The quantitative estimate of drug-likeness (QED) is 0.519. The number of anilines is 3. The van der Waals surface area contributed by atoms with Crippen LogP contribution in [0.15, 0.2) is 60.3 Å². The molecular weight excluding hydrogens is 288 g/mol.